The van der Waals surface area contributed by atoms with Gasteiger partial charge in [-0.2, -0.15) is 18.3 Å². The number of aromatic amines is 1. The van der Waals surface area contributed by atoms with Crippen molar-refractivity contribution in [1.29, 1.82) is 0 Å². The maximum Gasteiger partial charge on any atom is 0.432 e. The number of alkyl halides is 3. The maximum absolute atomic E-state index is 12.3. The van der Waals surface area contributed by atoms with E-state index in [9.17, 15) is 18.0 Å². The highest BCUT2D eigenvalue weighted by Gasteiger charge is 2.35. The number of rotatable bonds is 2. The van der Waals surface area contributed by atoms with Crippen LogP contribution in [0.3, 0.4) is 0 Å². The van der Waals surface area contributed by atoms with Crippen molar-refractivity contribution in [1.82, 2.24) is 15.1 Å². The Morgan fingerprint density at radius 1 is 1.61 bits per heavy atom. The lowest BCUT2D eigenvalue weighted by Gasteiger charge is -2.14. The molecule has 18 heavy (non-hydrogen) atoms. The number of amides is 1. The molecular weight excluding hydrogens is 251 g/mol. The van der Waals surface area contributed by atoms with Gasteiger partial charge in [0.15, 0.2) is 5.69 Å². The van der Waals surface area contributed by atoms with Crippen LogP contribution in [0.1, 0.15) is 22.6 Å². The first kappa shape index (κ1) is 12.9. The van der Waals surface area contributed by atoms with Gasteiger partial charge < -0.3 is 9.64 Å². The Bertz CT molecular complexity index is 444. The monoisotopic (exact) mass is 263 g/mol. The Hall–Kier alpha value is -1.57. The minimum atomic E-state index is -4.52. The van der Waals surface area contributed by atoms with Crippen molar-refractivity contribution in [3.8, 4) is 0 Å². The summed E-state index contributed by atoms with van der Waals surface area (Å²) in [7, 11) is 1.54. The molecule has 1 saturated heterocycles. The number of ether oxygens (including phenoxy) is 1. The van der Waals surface area contributed by atoms with Crippen molar-refractivity contribution in [3.63, 3.8) is 0 Å². The summed E-state index contributed by atoms with van der Waals surface area (Å²) >= 11 is 0. The molecule has 1 aromatic heterocycles. The molecule has 2 rings (SSSR count). The molecule has 0 spiro atoms. The summed E-state index contributed by atoms with van der Waals surface area (Å²) in [5.41, 5.74) is -1.24. The Kier molecular flexibility index (Phi) is 3.29. The van der Waals surface area contributed by atoms with Gasteiger partial charge in [-0.05, 0) is 6.42 Å². The summed E-state index contributed by atoms with van der Waals surface area (Å²) in [5.74, 6) is -0.513. The lowest BCUT2D eigenvalue weighted by atomic mass is 10.3. The number of methoxy groups -OCH3 is 1. The van der Waals surface area contributed by atoms with E-state index in [1.54, 1.807) is 0 Å². The van der Waals surface area contributed by atoms with E-state index in [-0.39, 0.29) is 11.8 Å². The number of likely N-dealkylation sites (tertiary alicyclic amines) is 1. The van der Waals surface area contributed by atoms with Crippen LogP contribution in [0.5, 0.6) is 0 Å². The van der Waals surface area contributed by atoms with E-state index in [2.05, 4.69) is 5.10 Å². The first-order chi connectivity index (χ1) is 8.41. The topological polar surface area (TPSA) is 58.2 Å². The summed E-state index contributed by atoms with van der Waals surface area (Å²) in [6, 6.07) is 0.725. The minimum Gasteiger partial charge on any atom is -0.380 e. The number of nitrogens with zero attached hydrogens (tertiary/aromatic N) is 2. The van der Waals surface area contributed by atoms with Gasteiger partial charge in [0.05, 0.1) is 6.10 Å². The molecule has 5 nitrogen and oxygen atoms in total. The molecule has 2 heterocycles. The fourth-order valence-corrected chi connectivity index (χ4v) is 1.84. The van der Waals surface area contributed by atoms with Gasteiger partial charge in [0.25, 0.3) is 5.91 Å². The van der Waals surface area contributed by atoms with Crippen LogP contribution in [-0.4, -0.2) is 47.3 Å². The van der Waals surface area contributed by atoms with Gasteiger partial charge in [0, 0.05) is 26.3 Å². The first-order valence-electron chi connectivity index (χ1n) is 5.36. The molecule has 0 radical (unpaired) electrons. The third-order valence-electron chi connectivity index (χ3n) is 2.87. The zero-order valence-electron chi connectivity index (χ0n) is 9.62. The molecule has 8 heteroatoms. The molecule has 1 amide bonds. The minimum absolute atomic E-state index is 0.0602. The quantitative estimate of drug-likeness (QED) is 0.874. The second-order valence-corrected chi connectivity index (χ2v) is 4.06. The molecule has 1 aliphatic heterocycles. The summed E-state index contributed by atoms with van der Waals surface area (Å²) in [4.78, 5) is 13.3. The Morgan fingerprint density at radius 3 is 2.83 bits per heavy atom. The van der Waals surface area contributed by atoms with Crippen molar-refractivity contribution >= 4 is 5.91 Å². The van der Waals surface area contributed by atoms with Gasteiger partial charge in [0.2, 0.25) is 0 Å². The van der Waals surface area contributed by atoms with Crippen molar-refractivity contribution in [2.24, 2.45) is 0 Å². The fraction of sp³-hybridized carbons (Fsp3) is 0.600. The lowest BCUT2D eigenvalue weighted by Crippen LogP contribution is -2.30. The second kappa shape index (κ2) is 4.60. The molecule has 1 unspecified atom stereocenters. The first-order valence-corrected chi connectivity index (χ1v) is 5.36. The van der Waals surface area contributed by atoms with Crippen molar-refractivity contribution in [3.05, 3.63) is 17.5 Å². The zero-order valence-corrected chi connectivity index (χ0v) is 9.62. The predicted molar refractivity (Wildman–Crippen MR) is 54.9 cm³/mol. The number of H-pyrrole nitrogens is 1. The molecule has 0 bridgehead atoms. The molecule has 0 aliphatic carbocycles. The number of nitrogens with one attached hydrogen (secondary N) is 1. The normalized spacial score (nSPS) is 20.4. The van der Waals surface area contributed by atoms with Crippen LogP contribution in [0.4, 0.5) is 13.2 Å². The third-order valence-corrected chi connectivity index (χ3v) is 2.87. The highest BCUT2D eigenvalue weighted by atomic mass is 19.4. The standard InChI is InChI=1S/C10H12F3N3O2/c1-18-6-2-3-16(5-6)9(17)7-4-8(15-14-7)10(11,12)13/h4,6H,2-3,5H2,1H3,(H,14,15). The van der Waals surface area contributed by atoms with Gasteiger partial charge in [-0.1, -0.05) is 0 Å². The van der Waals surface area contributed by atoms with E-state index in [4.69, 9.17) is 4.74 Å². The van der Waals surface area contributed by atoms with E-state index in [1.807, 2.05) is 5.10 Å². The lowest BCUT2D eigenvalue weighted by molar-refractivity contribution is -0.141. The van der Waals surface area contributed by atoms with Gasteiger partial charge >= 0.3 is 6.18 Å². The third kappa shape index (κ3) is 2.47. The second-order valence-electron chi connectivity index (χ2n) is 4.06. The number of aromatic nitrogens is 2. The molecule has 0 saturated carbocycles. The number of hydrogen-bond donors (Lipinski definition) is 1. The highest BCUT2D eigenvalue weighted by Crippen LogP contribution is 2.28. The van der Waals surface area contributed by atoms with Gasteiger partial charge in [-0.3, -0.25) is 9.89 Å². The van der Waals surface area contributed by atoms with Crippen LogP contribution >= 0.6 is 0 Å². The van der Waals surface area contributed by atoms with Crippen LogP contribution in [0.25, 0.3) is 0 Å². The van der Waals surface area contributed by atoms with Crippen LogP contribution < -0.4 is 0 Å². The van der Waals surface area contributed by atoms with Crippen LogP contribution in [0, 0.1) is 0 Å². The fourth-order valence-electron chi connectivity index (χ4n) is 1.84. The van der Waals surface area contributed by atoms with E-state index >= 15 is 0 Å². The van der Waals surface area contributed by atoms with Gasteiger partial charge in [-0.15, -0.1) is 0 Å². The Balaban J connectivity index is 2.08. The van der Waals surface area contributed by atoms with Crippen LogP contribution in [0.2, 0.25) is 0 Å². The van der Waals surface area contributed by atoms with E-state index < -0.39 is 17.8 Å². The van der Waals surface area contributed by atoms with Crippen molar-refractivity contribution in [2.45, 2.75) is 18.7 Å². The molecule has 1 atom stereocenters. The van der Waals surface area contributed by atoms with E-state index in [0.29, 0.717) is 19.5 Å². The molecule has 1 N–H and O–H groups in total. The summed E-state index contributed by atoms with van der Waals surface area (Å²) in [6.07, 6.45) is -3.90. The van der Waals surface area contributed by atoms with E-state index in [1.165, 1.54) is 12.0 Å². The number of hydrogen-bond acceptors (Lipinski definition) is 3. The molecule has 100 valence electrons. The molecule has 0 aromatic carbocycles. The summed E-state index contributed by atoms with van der Waals surface area (Å²) in [5, 5.41) is 5.22. The molecule has 1 fully saturated rings. The SMILES string of the molecule is COC1CCN(C(=O)c2cc(C(F)(F)F)[nH]n2)C1. The molecular formula is C10H12F3N3O2. The smallest absolute Gasteiger partial charge is 0.380 e. The highest BCUT2D eigenvalue weighted by molar-refractivity contribution is 5.92. The average molecular weight is 263 g/mol. The van der Waals surface area contributed by atoms with Gasteiger partial charge in [0.1, 0.15) is 5.69 Å². The number of carbonyl (C=O) groups excluding carboxylic acids is 1. The summed E-state index contributed by atoms with van der Waals surface area (Å²) < 4.78 is 42.1. The van der Waals surface area contributed by atoms with Crippen LogP contribution in [-0.2, 0) is 10.9 Å². The predicted octanol–water partition coefficient (Wildman–Crippen LogP) is 1.29. The average Bonchev–Trinajstić information content (AvgIpc) is 2.96. The van der Waals surface area contributed by atoms with Crippen LogP contribution in [0.15, 0.2) is 6.07 Å². The Labute approximate surface area is 101 Å². The summed E-state index contributed by atoms with van der Waals surface area (Å²) in [6.45, 7) is 0.842. The molecule has 1 aromatic rings. The number of halogens is 3. The maximum atomic E-state index is 12.3. The number of carbonyl (C=O) groups is 1. The van der Waals surface area contributed by atoms with Gasteiger partial charge in [-0.25, -0.2) is 0 Å². The van der Waals surface area contributed by atoms with Crippen molar-refractivity contribution < 1.29 is 22.7 Å². The molecule has 1 aliphatic rings. The zero-order chi connectivity index (χ0) is 13.3. The van der Waals surface area contributed by atoms with Crippen molar-refractivity contribution in [2.75, 3.05) is 20.2 Å². The van der Waals surface area contributed by atoms with E-state index in [0.717, 1.165) is 6.07 Å². The Morgan fingerprint density at radius 2 is 2.33 bits per heavy atom. The largest absolute Gasteiger partial charge is 0.432 e.